The van der Waals surface area contributed by atoms with Crippen LogP contribution in [0.5, 0.6) is 0 Å². The Balaban J connectivity index is 3.12. The van der Waals surface area contributed by atoms with Gasteiger partial charge in [0.25, 0.3) is 0 Å². The lowest BCUT2D eigenvalue weighted by molar-refractivity contribution is 0.0691. The summed E-state index contributed by atoms with van der Waals surface area (Å²) in [7, 11) is 0. The first-order valence-electron chi connectivity index (χ1n) is 7.18. The zero-order valence-electron chi connectivity index (χ0n) is 12.8. The average molecular weight is 276 g/mol. The average Bonchev–Trinajstić information content (AvgIpc) is 2.37. The number of unbranched alkanes of at least 4 members (excludes halogenated alkanes) is 2. The monoisotopic (exact) mass is 276 g/mol. The van der Waals surface area contributed by atoms with Crippen LogP contribution in [0.2, 0.25) is 0 Å². The summed E-state index contributed by atoms with van der Waals surface area (Å²) in [5, 5.41) is 9.23. The molecule has 0 spiro atoms. The zero-order valence-corrected chi connectivity index (χ0v) is 12.8. The van der Waals surface area contributed by atoms with Gasteiger partial charge in [0, 0.05) is 12.0 Å². The number of carbonyl (C=O) groups excluding carboxylic acids is 1. The summed E-state index contributed by atoms with van der Waals surface area (Å²) in [5.41, 5.74) is 1.34. The van der Waals surface area contributed by atoms with Crippen molar-refractivity contribution in [2.24, 2.45) is 0 Å². The lowest BCUT2D eigenvalue weighted by Gasteiger charge is -2.20. The van der Waals surface area contributed by atoms with Gasteiger partial charge in [0.05, 0.1) is 5.56 Å². The molecule has 20 heavy (non-hydrogen) atoms. The van der Waals surface area contributed by atoms with Gasteiger partial charge < -0.3 is 5.11 Å². The summed E-state index contributed by atoms with van der Waals surface area (Å²) in [6, 6.07) is 5.10. The maximum atomic E-state index is 12.3. The Morgan fingerprint density at radius 1 is 1.10 bits per heavy atom. The second kappa shape index (κ2) is 6.69. The summed E-state index contributed by atoms with van der Waals surface area (Å²) in [6.07, 6.45) is 3.27. The molecule has 0 amide bonds. The van der Waals surface area contributed by atoms with E-state index in [4.69, 9.17) is 0 Å². The number of ketones is 1. The van der Waals surface area contributed by atoms with E-state index in [1.54, 1.807) is 18.2 Å². The minimum atomic E-state index is -1.04. The quantitative estimate of drug-likeness (QED) is 0.617. The smallest absolute Gasteiger partial charge is 0.336 e. The molecule has 1 aromatic carbocycles. The van der Waals surface area contributed by atoms with Crippen LogP contribution in [0.3, 0.4) is 0 Å². The van der Waals surface area contributed by atoms with Crippen molar-refractivity contribution < 1.29 is 14.7 Å². The van der Waals surface area contributed by atoms with Crippen molar-refractivity contribution in [1.29, 1.82) is 0 Å². The number of Topliss-reactive ketones (excluding diaryl/α,β-unsaturated/α-hetero) is 1. The third-order valence-electron chi connectivity index (χ3n) is 3.42. The first kappa shape index (κ1) is 16.4. The SMILES string of the molecule is CCCCCC(=O)c1cc(C(C)(C)C)ccc1C(=O)O. The van der Waals surface area contributed by atoms with E-state index in [1.807, 2.05) is 20.8 Å². The Morgan fingerprint density at radius 3 is 2.25 bits per heavy atom. The van der Waals surface area contributed by atoms with Gasteiger partial charge >= 0.3 is 5.97 Å². The Morgan fingerprint density at radius 2 is 1.75 bits per heavy atom. The number of aromatic carboxylic acids is 1. The fourth-order valence-corrected chi connectivity index (χ4v) is 2.10. The van der Waals surface area contributed by atoms with Crippen molar-refractivity contribution in [2.75, 3.05) is 0 Å². The van der Waals surface area contributed by atoms with E-state index in [9.17, 15) is 14.7 Å². The standard InChI is InChI=1S/C17H24O3/c1-5-6-7-8-15(18)14-11-12(17(2,3)4)9-10-13(14)16(19)20/h9-11H,5-8H2,1-4H3,(H,19,20). The van der Waals surface area contributed by atoms with Gasteiger partial charge in [-0.1, -0.05) is 46.6 Å². The van der Waals surface area contributed by atoms with Crippen LogP contribution in [0.25, 0.3) is 0 Å². The predicted molar refractivity (Wildman–Crippen MR) is 80.6 cm³/mol. The Hall–Kier alpha value is -1.64. The van der Waals surface area contributed by atoms with Gasteiger partial charge in [-0.25, -0.2) is 4.79 Å². The van der Waals surface area contributed by atoms with Gasteiger partial charge in [0.2, 0.25) is 0 Å². The van der Waals surface area contributed by atoms with Gasteiger partial charge in [-0.3, -0.25) is 4.79 Å². The molecule has 0 radical (unpaired) electrons. The predicted octanol–water partition coefficient (Wildman–Crippen LogP) is 4.45. The van der Waals surface area contributed by atoms with Crippen LogP contribution in [-0.2, 0) is 5.41 Å². The molecule has 0 aliphatic rings. The molecule has 0 atom stereocenters. The molecule has 1 N–H and O–H groups in total. The molecule has 3 nitrogen and oxygen atoms in total. The van der Waals surface area contributed by atoms with Gasteiger partial charge in [-0.15, -0.1) is 0 Å². The van der Waals surface area contributed by atoms with E-state index in [0.717, 1.165) is 24.8 Å². The molecule has 110 valence electrons. The highest BCUT2D eigenvalue weighted by atomic mass is 16.4. The molecule has 1 rings (SSSR count). The van der Waals surface area contributed by atoms with Crippen molar-refractivity contribution in [3.8, 4) is 0 Å². The van der Waals surface area contributed by atoms with Crippen LogP contribution in [0.15, 0.2) is 18.2 Å². The number of hydrogen-bond donors (Lipinski definition) is 1. The van der Waals surface area contributed by atoms with Gasteiger partial charge in [-0.2, -0.15) is 0 Å². The molecule has 0 unspecified atom stereocenters. The highest BCUT2D eigenvalue weighted by Crippen LogP contribution is 2.25. The van der Waals surface area contributed by atoms with E-state index < -0.39 is 5.97 Å². The van der Waals surface area contributed by atoms with E-state index in [0.29, 0.717) is 12.0 Å². The molecule has 3 heteroatoms. The number of carboxylic acids is 1. The van der Waals surface area contributed by atoms with Crippen molar-refractivity contribution in [1.82, 2.24) is 0 Å². The molecule has 0 aliphatic heterocycles. The summed E-state index contributed by atoms with van der Waals surface area (Å²) in [4.78, 5) is 23.5. The number of carboxylic acid groups (broad SMARTS) is 1. The second-order valence-corrected chi connectivity index (χ2v) is 6.20. The maximum absolute atomic E-state index is 12.3. The lowest BCUT2D eigenvalue weighted by atomic mass is 9.84. The van der Waals surface area contributed by atoms with Crippen LogP contribution in [-0.4, -0.2) is 16.9 Å². The normalized spacial score (nSPS) is 11.4. The van der Waals surface area contributed by atoms with Gasteiger partial charge in [0.1, 0.15) is 0 Å². The summed E-state index contributed by atoms with van der Waals surface area (Å²) < 4.78 is 0. The Labute approximate surface area is 121 Å². The third kappa shape index (κ3) is 4.19. The molecule has 0 bridgehead atoms. The summed E-state index contributed by atoms with van der Waals surface area (Å²) in [6.45, 7) is 8.23. The van der Waals surface area contributed by atoms with Crippen LogP contribution < -0.4 is 0 Å². The molecular formula is C17H24O3. The topological polar surface area (TPSA) is 54.4 Å². The van der Waals surface area contributed by atoms with Crippen LogP contribution in [0.4, 0.5) is 0 Å². The number of carbonyl (C=O) groups is 2. The molecule has 0 aromatic heterocycles. The molecule has 0 saturated carbocycles. The van der Waals surface area contributed by atoms with Crippen molar-refractivity contribution in [2.45, 2.75) is 58.8 Å². The Bertz CT molecular complexity index is 495. The maximum Gasteiger partial charge on any atom is 0.336 e. The van der Waals surface area contributed by atoms with E-state index in [-0.39, 0.29) is 16.8 Å². The van der Waals surface area contributed by atoms with E-state index >= 15 is 0 Å². The number of rotatable bonds is 6. The Kier molecular flexibility index (Phi) is 5.49. The molecule has 1 aromatic rings. The van der Waals surface area contributed by atoms with Gasteiger partial charge in [-0.05, 0) is 29.5 Å². The molecule has 0 aliphatic carbocycles. The van der Waals surface area contributed by atoms with Crippen LogP contribution in [0.1, 0.15) is 79.7 Å². The number of benzene rings is 1. The van der Waals surface area contributed by atoms with Crippen molar-refractivity contribution in [3.63, 3.8) is 0 Å². The molecule has 0 heterocycles. The van der Waals surface area contributed by atoms with E-state index in [1.165, 1.54) is 0 Å². The molecular weight excluding hydrogens is 252 g/mol. The highest BCUT2D eigenvalue weighted by Gasteiger charge is 2.21. The highest BCUT2D eigenvalue weighted by molar-refractivity contribution is 6.06. The van der Waals surface area contributed by atoms with Crippen molar-refractivity contribution in [3.05, 3.63) is 34.9 Å². The fraction of sp³-hybridized carbons (Fsp3) is 0.529. The minimum Gasteiger partial charge on any atom is -0.478 e. The first-order valence-corrected chi connectivity index (χ1v) is 7.18. The second-order valence-electron chi connectivity index (χ2n) is 6.20. The molecule has 0 fully saturated rings. The zero-order chi connectivity index (χ0) is 15.3. The number of hydrogen-bond acceptors (Lipinski definition) is 2. The lowest BCUT2D eigenvalue weighted by Crippen LogP contribution is -2.15. The summed E-state index contributed by atoms with van der Waals surface area (Å²) >= 11 is 0. The fourth-order valence-electron chi connectivity index (χ4n) is 2.10. The summed E-state index contributed by atoms with van der Waals surface area (Å²) in [5.74, 6) is -1.11. The third-order valence-corrected chi connectivity index (χ3v) is 3.42. The largest absolute Gasteiger partial charge is 0.478 e. The van der Waals surface area contributed by atoms with E-state index in [2.05, 4.69) is 6.92 Å². The molecule has 0 saturated heterocycles. The van der Waals surface area contributed by atoms with Crippen LogP contribution >= 0.6 is 0 Å². The first-order chi connectivity index (χ1) is 9.27. The van der Waals surface area contributed by atoms with Gasteiger partial charge in [0.15, 0.2) is 5.78 Å². The van der Waals surface area contributed by atoms with Crippen molar-refractivity contribution >= 4 is 11.8 Å². The minimum absolute atomic E-state index is 0.0676. The van der Waals surface area contributed by atoms with Crippen LogP contribution in [0, 0.1) is 0 Å².